The van der Waals surface area contributed by atoms with Crippen LogP contribution in [0.25, 0.3) is 0 Å². The van der Waals surface area contributed by atoms with Gasteiger partial charge in [0.05, 0.1) is 19.6 Å². The van der Waals surface area contributed by atoms with Gasteiger partial charge in [-0.3, -0.25) is 19.4 Å². The highest BCUT2D eigenvalue weighted by Crippen LogP contribution is 1.92. The number of hydrogen-bond donors (Lipinski definition) is 2. The first kappa shape index (κ1) is 15.5. The summed E-state index contributed by atoms with van der Waals surface area (Å²) in [5.41, 5.74) is 0. The van der Waals surface area contributed by atoms with E-state index >= 15 is 0 Å². The van der Waals surface area contributed by atoms with Crippen LogP contribution in [-0.2, 0) is 14.4 Å². The number of aliphatic carboxylic acids is 2. The van der Waals surface area contributed by atoms with Gasteiger partial charge in [-0.2, -0.15) is 0 Å². The van der Waals surface area contributed by atoms with E-state index in [2.05, 4.69) is 0 Å². The van der Waals surface area contributed by atoms with Gasteiger partial charge in [-0.25, -0.2) is 0 Å². The Morgan fingerprint density at radius 1 is 1.06 bits per heavy atom. The van der Waals surface area contributed by atoms with Gasteiger partial charge in [0.1, 0.15) is 6.29 Å². The first-order valence-electron chi connectivity index (χ1n) is 5.31. The second-order valence-electron chi connectivity index (χ2n) is 3.56. The van der Waals surface area contributed by atoms with Gasteiger partial charge in [-0.05, 0) is 6.54 Å². The van der Waals surface area contributed by atoms with Crippen LogP contribution in [0.4, 0.5) is 0 Å². The molecule has 0 aliphatic heterocycles. The number of hydrogen-bond acceptors (Lipinski definition) is 5. The molecule has 2 N–H and O–H groups in total. The van der Waals surface area contributed by atoms with Gasteiger partial charge < -0.3 is 15.0 Å². The fraction of sp³-hybridized carbons (Fsp3) is 0.700. The minimum absolute atomic E-state index is 0.0386. The number of carboxylic acid groups (broad SMARTS) is 2. The van der Waals surface area contributed by atoms with Crippen molar-refractivity contribution in [3.8, 4) is 0 Å². The lowest BCUT2D eigenvalue weighted by Crippen LogP contribution is -2.40. The van der Waals surface area contributed by atoms with Crippen LogP contribution in [0.5, 0.6) is 0 Å². The standard InChI is InChI=1S/C10H18N2O5/c1-2-11(7-9(14)15)3-4-12(5-6-13)8-10(16)17/h6H,2-5,7-8H2,1H3,(H,14,15)(H,16,17). The van der Waals surface area contributed by atoms with Crippen LogP contribution < -0.4 is 0 Å². The first-order valence-corrected chi connectivity index (χ1v) is 5.31. The highest BCUT2D eigenvalue weighted by atomic mass is 16.4. The van der Waals surface area contributed by atoms with E-state index < -0.39 is 11.9 Å². The number of carbonyl (C=O) groups is 3. The summed E-state index contributed by atoms with van der Waals surface area (Å²) in [4.78, 5) is 34.5. The van der Waals surface area contributed by atoms with E-state index in [0.717, 1.165) is 0 Å². The monoisotopic (exact) mass is 246 g/mol. The Labute approximate surface area is 99.6 Å². The van der Waals surface area contributed by atoms with Gasteiger partial charge >= 0.3 is 11.9 Å². The molecule has 0 aromatic carbocycles. The third-order valence-electron chi connectivity index (χ3n) is 2.23. The molecule has 0 rings (SSSR count). The van der Waals surface area contributed by atoms with E-state index in [-0.39, 0.29) is 19.6 Å². The molecular weight excluding hydrogens is 228 g/mol. The molecule has 7 nitrogen and oxygen atoms in total. The Morgan fingerprint density at radius 2 is 1.53 bits per heavy atom. The number of nitrogens with zero attached hydrogens (tertiary/aromatic N) is 2. The maximum atomic E-state index is 10.5. The van der Waals surface area contributed by atoms with Crippen molar-refractivity contribution < 1.29 is 24.6 Å². The number of aldehydes is 1. The van der Waals surface area contributed by atoms with Crippen molar-refractivity contribution in [1.29, 1.82) is 0 Å². The topological polar surface area (TPSA) is 98.2 Å². The number of rotatable bonds is 10. The van der Waals surface area contributed by atoms with Crippen molar-refractivity contribution in [3.63, 3.8) is 0 Å². The molecule has 0 aliphatic rings. The Hall–Kier alpha value is -1.47. The molecule has 0 saturated heterocycles. The van der Waals surface area contributed by atoms with Crippen LogP contribution in [0.1, 0.15) is 6.92 Å². The Kier molecular flexibility index (Phi) is 7.91. The summed E-state index contributed by atoms with van der Waals surface area (Å²) in [5, 5.41) is 17.2. The molecule has 0 amide bonds. The van der Waals surface area contributed by atoms with Crippen molar-refractivity contribution in [2.45, 2.75) is 6.92 Å². The van der Waals surface area contributed by atoms with Crippen molar-refractivity contribution in [2.75, 3.05) is 39.3 Å². The van der Waals surface area contributed by atoms with Gasteiger partial charge in [0, 0.05) is 13.1 Å². The highest BCUT2D eigenvalue weighted by Gasteiger charge is 2.12. The van der Waals surface area contributed by atoms with Crippen LogP contribution in [0.3, 0.4) is 0 Å². The van der Waals surface area contributed by atoms with Crippen molar-refractivity contribution >= 4 is 18.2 Å². The lowest BCUT2D eigenvalue weighted by Gasteiger charge is -2.23. The third-order valence-corrected chi connectivity index (χ3v) is 2.23. The maximum absolute atomic E-state index is 10.5. The minimum Gasteiger partial charge on any atom is -0.480 e. The summed E-state index contributed by atoms with van der Waals surface area (Å²) in [6.07, 6.45) is 0.635. The Balaban J connectivity index is 4.11. The van der Waals surface area contributed by atoms with Crippen molar-refractivity contribution in [3.05, 3.63) is 0 Å². The van der Waals surface area contributed by atoms with Gasteiger partial charge in [-0.15, -0.1) is 0 Å². The molecule has 7 heteroatoms. The summed E-state index contributed by atoms with van der Waals surface area (Å²) < 4.78 is 0. The minimum atomic E-state index is -1.01. The number of carbonyl (C=O) groups excluding carboxylic acids is 1. The molecule has 0 spiro atoms. The van der Waals surface area contributed by atoms with Crippen LogP contribution in [0.15, 0.2) is 0 Å². The average molecular weight is 246 g/mol. The molecular formula is C10H18N2O5. The molecule has 0 aliphatic carbocycles. The predicted octanol–water partition coefficient (Wildman–Crippen LogP) is -1.02. The average Bonchev–Trinajstić information content (AvgIpc) is 2.22. The van der Waals surface area contributed by atoms with Crippen molar-refractivity contribution in [2.24, 2.45) is 0 Å². The van der Waals surface area contributed by atoms with E-state index in [1.807, 2.05) is 6.92 Å². The largest absolute Gasteiger partial charge is 0.480 e. The summed E-state index contributed by atoms with van der Waals surface area (Å²) in [6.45, 7) is 2.90. The van der Waals surface area contributed by atoms with Crippen LogP contribution in [0, 0.1) is 0 Å². The van der Waals surface area contributed by atoms with E-state index in [1.165, 1.54) is 4.90 Å². The van der Waals surface area contributed by atoms with Gasteiger partial charge in [0.15, 0.2) is 0 Å². The zero-order chi connectivity index (χ0) is 13.3. The highest BCUT2D eigenvalue weighted by molar-refractivity contribution is 5.70. The second kappa shape index (κ2) is 8.66. The summed E-state index contributed by atoms with van der Waals surface area (Å²) >= 11 is 0. The van der Waals surface area contributed by atoms with E-state index in [9.17, 15) is 14.4 Å². The summed E-state index contributed by atoms with van der Waals surface area (Å²) in [7, 11) is 0. The molecule has 0 atom stereocenters. The van der Waals surface area contributed by atoms with Crippen LogP contribution in [-0.4, -0.2) is 77.5 Å². The number of likely N-dealkylation sites (N-methyl/N-ethyl adjacent to an activating group) is 1. The lowest BCUT2D eigenvalue weighted by molar-refractivity contribution is -0.140. The quantitative estimate of drug-likeness (QED) is 0.476. The molecule has 0 unspecified atom stereocenters. The smallest absolute Gasteiger partial charge is 0.317 e. The maximum Gasteiger partial charge on any atom is 0.317 e. The zero-order valence-corrected chi connectivity index (χ0v) is 9.83. The fourth-order valence-electron chi connectivity index (χ4n) is 1.35. The van der Waals surface area contributed by atoms with Gasteiger partial charge in [0.25, 0.3) is 0 Å². The molecule has 0 heterocycles. The van der Waals surface area contributed by atoms with Gasteiger partial charge in [0.2, 0.25) is 0 Å². The normalized spacial score (nSPS) is 10.8. The molecule has 0 fully saturated rings. The first-order chi connectivity index (χ1) is 7.99. The molecule has 0 saturated carbocycles. The molecule has 0 aromatic rings. The van der Waals surface area contributed by atoms with E-state index in [1.54, 1.807) is 4.90 Å². The van der Waals surface area contributed by atoms with Gasteiger partial charge in [-0.1, -0.05) is 6.92 Å². The van der Waals surface area contributed by atoms with Crippen molar-refractivity contribution in [1.82, 2.24) is 9.80 Å². The van der Waals surface area contributed by atoms with E-state index in [0.29, 0.717) is 25.9 Å². The summed E-state index contributed by atoms with van der Waals surface area (Å²) in [5.74, 6) is -1.93. The van der Waals surface area contributed by atoms with Crippen LogP contribution in [0.2, 0.25) is 0 Å². The number of carboxylic acids is 2. The fourth-order valence-corrected chi connectivity index (χ4v) is 1.35. The predicted molar refractivity (Wildman–Crippen MR) is 59.9 cm³/mol. The lowest BCUT2D eigenvalue weighted by atomic mass is 10.4. The second-order valence-corrected chi connectivity index (χ2v) is 3.56. The SMILES string of the molecule is CCN(CCN(CC=O)CC(=O)O)CC(=O)O. The molecule has 0 radical (unpaired) electrons. The Morgan fingerprint density at radius 3 is 1.94 bits per heavy atom. The molecule has 0 bridgehead atoms. The molecule has 0 aromatic heterocycles. The summed E-state index contributed by atoms with van der Waals surface area (Å²) in [6, 6.07) is 0. The third kappa shape index (κ3) is 8.35. The molecule has 17 heavy (non-hydrogen) atoms. The van der Waals surface area contributed by atoms with Crippen LogP contribution >= 0.6 is 0 Å². The zero-order valence-electron chi connectivity index (χ0n) is 9.83. The van der Waals surface area contributed by atoms with E-state index in [4.69, 9.17) is 10.2 Å². The Bertz CT molecular complexity index is 269. The molecule has 98 valence electrons.